The van der Waals surface area contributed by atoms with Crippen molar-refractivity contribution in [3.05, 3.63) is 69.2 Å². The Morgan fingerprint density at radius 2 is 1.75 bits per heavy atom. The Morgan fingerprint density at radius 3 is 2.32 bits per heavy atom. The Morgan fingerprint density at radius 1 is 1.14 bits per heavy atom. The first-order chi connectivity index (χ1) is 13.4. The van der Waals surface area contributed by atoms with Crippen LogP contribution < -0.4 is 9.80 Å². The summed E-state index contributed by atoms with van der Waals surface area (Å²) in [6.07, 6.45) is 0. The summed E-state index contributed by atoms with van der Waals surface area (Å²) in [5.74, 6) is 0.119. The average molecular weight is 404 g/mol. The summed E-state index contributed by atoms with van der Waals surface area (Å²) in [5.41, 5.74) is 2.14. The van der Waals surface area contributed by atoms with Gasteiger partial charge >= 0.3 is 0 Å². The molecule has 28 heavy (non-hydrogen) atoms. The molecule has 7 nitrogen and oxygen atoms in total. The molecule has 0 spiro atoms. The number of piperazine rings is 1. The number of halogens is 1. The van der Waals surface area contributed by atoms with E-state index in [4.69, 9.17) is 11.6 Å². The number of likely N-dealkylation sites (N-methyl/N-ethyl adjacent to an activating group) is 1. The predicted molar refractivity (Wildman–Crippen MR) is 109 cm³/mol. The van der Waals surface area contributed by atoms with E-state index in [0.717, 1.165) is 37.4 Å². The van der Waals surface area contributed by atoms with Crippen molar-refractivity contribution >= 4 is 28.9 Å². The van der Waals surface area contributed by atoms with E-state index in [2.05, 4.69) is 4.90 Å². The summed E-state index contributed by atoms with van der Waals surface area (Å²) in [4.78, 5) is 28.1. The molecule has 1 N–H and O–H groups in total. The Hall–Kier alpha value is -2.64. The number of anilines is 1. The van der Waals surface area contributed by atoms with E-state index in [-0.39, 0.29) is 11.6 Å². The van der Waals surface area contributed by atoms with E-state index >= 15 is 0 Å². The molecule has 0 bridgehead atoms. The number of quaternary nitrogens is 1. The first kappa shape index (κ1) is 20.1. The minimum atomic E-state index is -0.391. The summed E-state index contributed by atoms with van der Waals surface area (Å²) in [6.45, 7) is 4.40. The van der Waals surface area contributed by atoms with Crippen LogP contribution in [-0.4, -0.2) is 55.5 Å². The van der Waals surface area contributed by atoms with E-state index in [1.54, 1.807) is 17.0 Å². The number of nitrogens with zero attached hydrogens (tertiary/aromatic N) is 3. The number of rotatable bonds is 6. The lowest BCUT2D eigenvalue weighted by atomic mass is 10.2. The lowest BCUT2D eigenvalue weighted by molar-refractivity contribution is -0.892. The molecule has 1 aliphatic rings. The van der Waals surface area contributed by atoms with Gasteiger partial charge in [0.1, 0.15) is 0 Å². The van der Waals surface area contributed by atoms with Crippen LogP contribution >= 0.6 is 11.6 Å². The molecule has 0 radical (unpaired) electrons. The standard InChI is InChI=1S/C20H23ClN4O3/c1-22(14-16-2-4-17(21)5-3-16)20(26)15-23-10-12-24(13-11-23)18-6-8-19(9-7-18)25(27)28/h2-9H,10-15H2,1H3/p+1. The Labute approximate surface area is 169 Å². The predicted octanol–water partition coefficient (Wildman–Crippen LogP) is 1.61. The van der Waals surface area contributed by atoms with Crippen LogP contribution in [0.5, 0.6) is 0 Å². The van der Waals surface area contributed by atoms with Gasteiger partial charge in [0, 0.05) is 36.4 Å². The summed E-state index contributed by atoms with van der Waals surface area (Å²) in [7, 11) is 1.82. The van der Waals surface area contributed by atoms with Crippen LogP contribution in [-0.2, 0) is 11.3 Å². The monoisotopic (exact) mass is 403 g/mol. The fourth-order valence-corrected chi connectivity index (χ4v) is 3.47. The van der Waals surface area contributed by atoms with Gasteiger partial charge in [-0.15, -0.1) is 0 Å². The van der Waals surface area contributed by atoms with E-state index in [1.807, 2.05) is 31.3 Å². The summed E-state index contributed by atoms with van der Waals surface area (Å²) in [5, 5.41) is 11.5. The van der Waals surface area contributed by atoms with E-state index < -0.39 is 4.92 Å². The van der Waals surface area contributed by atoms with Gasteiger partial charge in [-0.3, -0.25) is 14.9 Å². The van der Waals surface area contributed by atoms with Crippen molar-refractivity contribution in [2.75, 3.05) is 44.7 Å². The van der Waals surface area contributed by atoms with Crippen molar-refractivity contribution < 1.29 is 14.6 Å². The largest absolute Gasteiger partial charge is 0.360 e. The Bertz CT molecular complexity index is 818. The van der Waals surface area contributed by atoms with Crippen molar-refractivity contribution in [1.29, 1.82) is 0 Å². The van der Waals surface area contributed by atoms with E-state index in [1.165, 1.54) is 17.0 Å². The van der Waals surface area contributed by atoms with Crippen molar-refractivity contribution in [3.8, 4) is 0 Å². The second-order valence-corrected chi connectivity index (χ2v) is 7.50. The highest BCUT2D eigenvalue weighted by atomic mass is 35.5. The second kappa shape index (κ2) is 9.03. The topological polar surface area (TPSA) is 71.1 Å². The Balaban J connectivity index is 1.47. The highest BCUT2D eigenvalue weighted by molar-refractivity contribution is 6.30. The van der Waals surface area contributed by atoms with Crippen LogP contribution in [0.4, 0.5) is 11.4 Å². The summed E-state index contributed by atoms with van der Waals surface area (Å²) < 4.78 is 0. The highest BCUT2D eigenvalue weighted by Gasteiger charge is 2.24. The molecule has 1 heterocycles. The number of hydrogen-bond donors (Lipinski definition) is 1. The normalized spacial score (nSPS) is 14.7. The average Bonchev–Trinajstić information content (AvgIpc) is 2.70. The first-order valence-corrected chi connectivity index (χ1v) is 9.61. The maximum atomic E-state index is 12.5. The van der Waals surface area contributed by atoms with Gasteiger partial charge < -0.3 is 14.7 Å². The van der Waals surface area contributed by atoms with Crippen LogP contribution in [0, 0.1) is 10.1 Å². The summed E-state index contributed by atoms with van der Waals surface area (Å²) >= 11 is 5.90. The molecular weight excluding hydrogens is 380 g/mol. The SMILES string of the molecule is CN(Cc1ccc(Cl)cc1)C(=O)C[NH+]1CCN(c2ccc([N+](=O)[O-])cc2)CC1. The lowest BCUT2D eigenvalue weighted by Gasteiger charge is -2.34. The molecule has 2 aromatic carbocycles. The minimum absolute atomic E-state index is 0.0994. The van der Waals surface area contributed by atoms with Crippen LogP contribution in [0.25, 0.3) is 0 Å². The number of carbonyl (C=O) groups is 1. The molecule has 0 unspecified atom stereocenters. The van der Waals surface area contributed by atoms with Gasteiger partial charge in [-0.2, -0.15) is 0 Å². The zero-order chi connectivity index (χ0) is 20.1. The zero-order valence-electron chi connectivity index (χ0n) is 15.8. The van der Waals surface area contributed by atoms with Crippen molar-refractivity contribution in [2.24, 2.45) is 0 Å². The third-order valence-electron chi connectivity index (χ3n) is 5.06. The molecule has 3 rings (SSSR count). The van der Waals surface area contributed by atoms with Crippen LogP contribution in [0.1, 0.15) is 5.56 Å². The van der Waals surface area contributed by atoms with Gasteiger partial charge in [0.15, 0.2) is 6.54 Å². The van der Waals surface area contributed by atoms with E-state index in [0.29, 0.717) is 18.1 Å². The third kappa shape index (κ3) is 5.21. The van der Waals surface area contributed by atoms with Crippen molar-refractivity contribution in [1.82, 2.24) is 4.90 Å². The second-order valence-electron chi connectivity index (χ2n) is 7.06. The smallest absolute Gasteiger partial charge is 0.277 e. The number of carbonyl (C=O) groups excluding carboxylic acids is 1. The van der Waals surface area contributed by atoms with Gasteiger partial charge in [0.25, 0.3) is 11.6 Å². The minimum Gasteiger partial charge on any atom is -0.360 e. The number of benzene rings is 2. The molecule has 0 atom stereocenters. The molecule has 1 aliphatic heterocycles. The molecular formula is C20H24ClN4O3+. The zero-order valence-corrected chi connectivity index (χ0v) is 16.6. The molecule has 1 fully saturated rings. The molecule has 148 valence electrons. The highest BCUT2D eigenvalue weighted by Crippen LogP contribution is 2.19. The van der Waals surface area contributed by atoms with E-state index in [9.17, 15) is 14.9 Å². The molecule has 1 saturated heterocycles. The van der Waals surface area contributed by atoms with Crippen molar-refractivity contribution in [2.45, 2.75) is 6.54 Å². The number of nitro groups is 1. The van der Waals surface area contributed by atoms with Gasteiger partial charge in [-0.25, -0.2) is 0 Å². The van der Waals surface area contributed by atoms with Crippen molar-refractivity contribution in [3.63, 3.8) is 0 Å². The van der Waals surface area contributed by atoms with Gasteiger partial charge in [-0.05, 0) is 29.8 Å². The molecule has 2 aromatic rings. The van der Waals surface area contributed by atoms with Crippen LogP contribution in [0.2, 0.25) is 5.02 Å². The molecule has 0 saturated carbocycles. The molecule has 0 aliphatic carbocycles. The maximum absolute atomic E-state index is 12.5. The van der Waals surface area contributed by atoms with Crippen LogP contribution in [0.3, 0.4) is 0 Å². The Kier molecular flexibility index (Phi) is 6.49. The van der Waals surface area contributed by atoms with Gasteiger partial charge in [0.2, 0.25) is 0 Å². The molecule has 1 amide bonds. The number of hydrogen-bond acceptors (Lipinski definition) is 4. The van der Waals surface area contributed by atoms with Gasteiger partial charge in [-0.1, -0.05) is 23.7 Å². The molecule has 0 aromatic heterocycles. The summed E-state index contributed by atoms with van der Waals surface area (Å²) in [6, 6.07) is 14.2. The number of amides is 1. The first-order valence-electron chi connectivity index (χ1n) is 9.24. The number of nitro benzene ring substituents is 1. The quantitative estimate of drug-likeness (QED) is 0.587. The maximum Gasteiger partial charge on any atom is 0.277 e. The number of nitrogens with one attached hydrogen (secondary N) is 1. The molecule has 8 heteroatoms. The van der Waals surface area contributed by atoms with Gasteiger partial charge in [0.05, 0.1) is 31.1 Å². The fourth-order valence-electron chi connectivity index (χ4n) is 3.34. The lowest BCUT2D eigenvalue weighted by Crippen LogP contribution is -3.15. The number of non-ortho nitro benzene ring substituents is 1. The third-order valence-corrected chi connectivity index (χ3v) is 5.31. The fraction of sp³-hybridized carbons (Fsp3) is 0.350. The van der Waals surface area contributed by atoms with Crippen LogP contribution in [0.15, 0.2) is 48.5 Å².